The lowest BCUT2D eigenvalue weighted by Gasteiger charge is -2.44. The summed E-state index contributed by atoms with van der Waals surface area (Å²) >= 11 is 0. The number of hydrogen-bond donors (Lipinski definition) is 0. The first-order chi connectivity index (χ1) is 7.86. The highest BCUT2D eigenvalue weighted by Crippen LogP contribution is 2.41. The van der Waals surface area contributed by atoms with Crippen molar-refractivity contribution in [2.24, 2.45) is 5.41 Å². The molecule has 0 bridgehead atoms. The minimum atomic E-state index is 0.272. The molecule has 2 saturated heterocycles. The van der Waals surface area contributed by atoms with Gasteiger partial charge in [0.1, 0.15) is 0 Å². The monoisotopic (exact) mass is 238 g/mol. The smallest absolute Gasteiger partial charge is 0.223 e. The Kier molecular flexibility index (Phi) is 3.23. The van der Waals surface area contributed by atoms with Crippen LogP contribution in [0.5, 0.6) is 0 Å². The van der Waals surface area contributed by atoms with Gasteiger partial charge >= 0.3 is 0 Å². The fraction of sp³-hybridized carbons (Fsp3) is 0.929. The van der Waals surface area contributed by atoms with E-state index in [1.54, 1.807) is 0 Å². The van der Waals surface area contributed by atoms with Crippen LogP contribution in [0, 0.1) is 5.41 Å². The Morgan fingerprint density at radius 1 is 1.24 bits per heavy atom. The lowest BCUT2D eigenvalue weighted by atomic mass is 9.77. The Balaban J connectivity index is 1.98. The molecule has 2 rings (SSSR count). The Morgan fingerprint density at radius 3 is 2.24 bits per heavy atom. The van der Waals surface area contributed by atoms with Crippen molar-refractivity contribution >= 4 is 5.91 Å². The number of hydrogen-bond acceptors (Lipinski definition) is 2. The Labute approximate surface area is 105 Å². The molecule has 2 aliphatic rings. The largest absolute Gasteiger partial charge is 0.342 e. The van der Waals surface area contributed by atoms with E-state index < -0.39 is 0 Å². The van der Waals surface area contributed by atoms with Crippen molar-refractivity contribution < 1.29 is 4.79 Å². The second kappa shape index (κ2) is 4.27. The maximum absolute atomic E-state index is 11.9. The SMILES string of the molecule is CCN1CC2(CCN(C(C)(C)C)CC2)CC1=O. The highest BCUT2D eigenvalue weighted by atomic mass is 16.2. The molecule has 1 amide bonds. The standard InChI is InChI=1S/C14H26N2O/c1-5-15-11-14(10-12(15)17)6-8-16(9-7-14)13(2,3)4/h5-11H2,1-4H3. The molecule has 0 N–H and O–H groups in total. The molecule has 0 aliphatic carbocycles. The molecule has 2 fully saturated rings. The lowest BCUT2D eigenvalue weighted by Crippen LogP contribution is -2.49. The van der Waals surface area contributed by atoms with Gasteiger partial charge in [0.2, 0.25) is 5.91 Å². The van der Waals surface area contributed by atoms with Crippen LogP contribution in [-0.4, -0.2) is 47.4 Å². The van der Waals surface area contributed by atoms with Gasteiger partial charge in [-0.1, -0.05) is 0 Å². The van der Waals surface area contributed by atoms with Gasteiger partial charge in [0, 0.05) is 25.0 Å². The maximum Gasteiger partial charge on any atom is 0.223 e. The van der Waals surface area contributed by atoms with Gasteiger partial charge in [-0.25, -0.2) is 0 Å². The van der Waals surface area contributed by atoms with Crippen LogP contribution in [0.4, 0.5) is 0 Å². The van der Waals surface area contributed by atoms with Crippen molar-refractivity contribution in [3.8, 4) is 0 Å². The highest BCUT2D eigenvalue weighted by Gasteiger charge is 2.45. The van der Waals surface area contributed by atoms with Gasteiger partial charge in [0.25, 0.3) is 0 Å². The minimum Gasteiger partial charge on any atom is -0.342 e. The normalized spacial score (nSPS) is 25.9. The van der Waals surface area contributed by atoms with Crippen LogP contribution in [0.3, 0.4) is 0 Å². The number of rotatable bonds is 1. The number of piperidine rings is 1. The molecule has 0 radical (unpaired) electrons. The predicted octanol–water partition coefficient (Wildman–Crippen LogP) is 2.12. The number of carbonyl (C=O) groups is 1. The zero-order valence-corrected chi connectivity index (χ0v) is 11.8. The first-order valence-corrected chi connectivity index (χ1v) is 6.89. The summed E-state index contributed by atoms with van der Waals surface area (Å²) in [5.41, 5.74) is 0.573. The average molecular weight is 238 g/mol. The van der Waals surface area contributed by atoms with Gasteiger partial charge in [0.15, 0.2) is 0 Å². The molecule has 0 aromatic heterocycles. The quantitative estimate of drug-likeness (QED) is 0.698. The zero-order chi connectivity index (χ0) is 12.7. The van der Waals surface area contributed by atoms with E-state index >= 15 is 0 Å². The highest BCUT2D eigenvalue weighted by molar-refractivity contribution is 5.79. The second-order valence-electron chi connectivity index (χ2n) is 6.74. The summed E-state index contributed by atoms with van der Waals surface area (Å²) in [7, 11) is 0. The molecule has 17 heavy (non-hydrogen) atoms. The fourth-order valence-corrected chi connectivity index (χ4v) is 3.26. The predicted molar refractivity (Wildman–Crippen MR) is 69.9 cm³/mol. The van der Waals surface area contributed by atoms with Crippen LogP contribution in [0.2, 0.25) is 0 Å². The van der Waals surface area contributed by atoms with Gasteiger partial charge in [-0.15, -0.1) is 0 Å². The van der Waals surface area contributed by atoms with E-state index in [1.807, 2.05) is 4.90 Å². The van der Waals surface area contributed by atoms with Crippen molar-refractivity contribution in [2.45, 2.75) is 52.5 Å². The third-order valence-electron chi connectivity index (χ3n) is 4.56. The van der Waals surface area contributed by atoms with Crippen LogP contribution >= 0.6 is 0 Å². The second-order valence-corrected chi connectivity index (χ2v) is 6.74. The Bertz CT molecular complexity index is 298. The number of likely N-dealkylation sites (tertiary alicyclic amines) is 2. The maximum atomic E-state index is 11.9. The summed E-state index contributed by atoms with van der Waals surface area (Å²) in [4.78, 5) is 16.5. The van der Waals surface area contributed by atoms with Crippen LogP contribution in [0.25, 0.3) is 0 Å². The molecule has 0 aromatic carbocycles. The summed E-state index contributed by atoms with van der Waals surface area (Å²) in [6.07, 6.45) is 3.16. The van der Waals surface area contributed by atoms with Crippen molar-refractivity contribution in [3.05, 3.63) is 0 Å². The summed E-state index contributed by atoms with van der Waals surface area (Å²) < 4.78 is 0. The van der Waals surface area contributed by atoms with Gasteiger partial charge < -0.3 is 4.90 Å². The fourth-order valence-electron chi connectivity index (χ4n) is 3.26. The van der Waals surface area contributed by atoms with E-state index in [0.717, 1.165) is 32.6 Å². The van der Waals surface area contributed by atoms with Gasteiger partial charge in [-0.2, -0.15) is 0 Å². The number of amides is 1. The molecule has 0 atom stereocenters. The van der Waals surface area contributed by atoms with Crippen molar-refractivity contribution in [1.82, 2.24) is 9.80 Å². The number of carbonyl (C=O) groups excluding carboxylic acids is 1. The van der Waals surface area contributed by atoms with Crippen LogP contribution in [0.1, 0.15) is 47.0 Å². The molecule has 0 unspecified atom stereocenters. The van der Waals surface area contributed by atoms with E-state index in [0.29, 0.717) is 11.3 Å². The number of nitrogens with zero attached hydrogens (tertiary/aromatic N) is 2. The Hall–Kier alpha value is -0.570. The lowest BCUT2D eigenvalue weighted by molar-refractivity contribution is -0.127. The zero-order valence-electron chi connectivity index (χ0n) is 11.8. The van der Waals surface area contributed by atoms with E-state index in [-0.39, 0.29) is 5.54 Å². The van der Waals surface area contributed by atoms with E-state index in [9.17, 15) is 4.79 Å². The molecule has 2 aliphatic heterocycles. The molecule has 1 spiro atoms. The van der Waals surface area contributed by atoms with Gasteiger partial charge in [-0.05, 0) is 59.0 Å². The molecule has 3 nitrogen and oxygen atoms in total. The van der Waals surface area contributed by atoms with Crippen molar-refractivity contribution in [3.63, 3.8) is 0 Å². The first-order valence-electron chi connectivity index (χ1n) is 6.89. The summed E-state index contributed by atoms with van der Waals surface area (Å²) in [5.74, 6) is 0.372. The van der Waals surface area contributed by atoms with E-state index in [2.05, 4.69) is 32.6 Å². The van der Waals surface area contributed by atoms with Gasteiger partial charge in [0.05, 0.1) is 0 Å². The summed E-state index contributed by atoms with van der Waals surface area (Å²) in [6, 6.07) is 0. The van der Waals surface area contributed by atoms with Crippen LogP contribution in [0.15, 0.2) is 0 Å². The van der Waals surface area contributed by atoms with Crippen LogP contribution in [-0.2, 0) is 4.79 Å². The molecule has 98 valence electrons. The molecule has 2 heterocycles. The van der Waals surface area contributed by atoms with Crippen molar-refractivity contribution in [1.29, 1.82) is 0 Å². The van der Waals surface area contributed by atoms with Gasteiger partial charge in [-0.3, -0.25) is 9.69 Å². The molecular weight excluding hydrogens is 212 g/mol. The molecular formula is C14H26N2O. The Morgan fingerprint density at radius 2 is 1.82 bits per heavy atom. The van der Waals surface area contributed by atoms with Crippen LogP contribution < -0.4 is 0 Å². The van der Waals surface area contributed by atoms with E-state index in [4.69, 9.17) is 0 Å². The average Bonchev–Trinajstić information content (AvgIpc) is 2.54. The summed E-state index contributed by atoms with van der Waals surface area (Å²) in [6.45, 7) is 13.1. The molecule has 0 aromatic rings. The minimum absolute atomic E-state index is 0.272. The molecule has 0 saturated carbocycles. The summed E-state index contributed by atoms with van der Waals surface area (Å²) in [5, 5.41) is 0. The van der Waals surface area contributed by atoms with Crippen molar-refractivity contribution in [2.75, 3.05) is 26.2 Å². The first kappa shape index (κ1) is 12.9. The third-order valence-corrected chi connectivity index (χ3v) is 4.56. The topological polar surface area (TPSA) is 23.6 Å². The molecule has 3 heteroatoms. The van der Waals surface area contributed by atoms with E-state index in [1.165, 1.54) is 12.8 Å². The third kappa shape index (κ3) is 2.49.